The van der Waals surface area contributed by atoms with Crippen molar-refractivity contribution in [2.45, 2.75) is 25.9 Å². The molecule has 2 aromatic rings. The lowest BCUT2D eigenvalue weighted by atomic mass is 10.0. The van der Waals surface area contributed by atoms with Crippen LogP contribution in [0.3, 0.4) is 0 Å². The molecular formula is C18H28IN5O2. The molecule has 0 bridgehead atoms. The van der Waals surface area contributed by atoms with Gasteiger partial charge in [0.15, 0.2) is 5.96 Å². The van der Waals surface area contributed by atoms with Crippen LogP contribution in [-0.4, -0.2) is 51.9 Å². The predicted octanol–water partition coefficient (Wildman–Crippen LogP) is 2.19. The highest BCUT2D eigenvalue weighted by atomic mass is 127. The van der Waals surface area contributed by atoms with Crippen molar-refractivity contribution in [2.24, 2.45) is 18.0 Å². The van der Waals surface area contributed by atoms with E-state index in [0.29, 0.717) is 18.2 Å². The van der Waals surface area contributed by atoms with Gasteiger partial charge >= 0.3 is 0 Å². The largest absolute Gasteiger partial charge is 0.467 e. The summed E-state index contributed by atoms with van der Waals surface area (Å²) in [7, 11) is 1.95. The van der Waals surface area contributed by atoms with Crippen LogP contribution < -0.4 is 5.32 Å². The number of furan rings is 1. The number of aliphatic hydroxyl groups is 1. The van der Waals surface area contributed by atoms with Gasteiger partial charge in [0, 0.05) is 32.9 Å². The quantitative estimate of drug-likeness (QED) is 0.382. The highest BCUT2D eigenvalue weighted by molar-refractivity contribution is 14.0. The highest BCUT2D eigenvalue weighted by Gasteiger charge is 2.25. The molecule has 2 atom stereocenters. The van der Waals surface area contributed by atoms with Gasteiger partial charge in [-0.1, -0.05) is 0 Å². The second-order valence-corrected chi connectivity index (χ2v) is 6.55. The first-order chi connectivity index (χ1) is 12.2. The van der Waals surface area contributed by atoms with E-state index in [0.717, 1.165) is 38.4 Å². The Balaban J connectivity index is 0.00000243. The third-order valence-corrected chi connectivity index (χ3v) is 4.49. The molecule has 8 heteroatoms. The topological polar surface area (TPSA) is 78.8 Å². The summed E-state index contributed by atoms with van der Waals surface area (Å²) in [6, 6.07) is 3.55. The summed E-state index contributed by atoms with van der Waals surface area (Å²) in [6.07, 6.45) is 7.07. The third kappa shape index (κ3) is 5.47. The van der Waals surface area contributed by atoms with E-state index in [4.69, 9.17) is 4.42 Å². The minimum atomic E-state index is -0.711. The number of nitrogens with one attached hydrogen (secondary N) is 1. The Morgan fingerprint density at radius 2 is 2.38 bits per heavy atom. The number of aryl methyl sites for hydroxylation is 1. The molecule has 144 valence electrons. The zero-order chi connectivity index (χ0) is 17.6. The molecule has 0 aliphatic carbocycles. The Morgan fingerprint density at radius 1 is 1.54 bits per heavy atom. The van der Waals surface area contributed by atoms with Crippen LogP contribution in [0.25, 0.3) is 0 Å². The lowest BCUT2D eigenvalue weighted by Crippen LogP contribution is -2.40. The molecule has 0 amide bonds. The molecule has 3 rings (SSSR count). The van der Waals surface area contributed by atoms with Gasteiger partial charge < -0.3 is 19.7 Å². The average molecular weight is 473 g/mol. The second kappa shape index (κ2) is 9.96. The summed E-state index contributed by atoms with van der Waals surface area (Å²) in [5, 5.41) is 17.7. The van der Waals surface area contributed by atoms with Crippen LogP contribution in [0.5, 0.6) is 0 Å². The van der Waals surface area contributed by atoms with Crippen molar-refractivity contribution < 1.29 is 9.52 Å². The molecule has 1 aliphatic heterocycles. The van der Waals surface area contributed by atoms with Crippen LogP contribution in [0.2, 0.25) is 0 Å². The molecule has 0 aromatic carbocycles. The van der Waals surface area contributed by atoms with E-state index in [1.54, 1.807) is 18.4 Å². The van der Waals surface area contributed by atoms with Crippen LogP contribution in [0.1, 0.15) is 30.8 Å². The van der Waals surface area contributed by atoms with E-state index in [2.05, 4.69) is 33.4 Å². The van der Waals surface area contributed by atoms with Crippen LogP contribution >= 0.6 is 24.0 Å². The van der Waals surface area contributed by atoms with Crippen molar-refractivity contribution in [2.75, 3.05) is 26.2 Å². The van der Waals surface area contributed by atoms with E-state index in [9.17, 15) is 5.11 Å². The number of likely N-dealkylation sites (tertiary alicyclic amines) is 1. The Morgan fingerprint density at radius 3 is 3.04 bits per heavy atom. The van der Waals surface area contributed by atoms with Crippen molar-refractivity contribution >= 4 is 29.9 Å². The standard InChI is InChI=1S/C18H27N5O2.HI/c1-3-19-18(20-11-16(24)17-5-4-8-25-17)23-7-6-14(13-23)9-15-10-21-22(2)12-15;/h4-5,8,10,12,14,16,24H,3,6-7,9,11,13H2,1-2H3,(H,19,20);1H. The molecule has 1 aliphatic rings. The molecule has 26 heavy (non-hydrogen) atoms. The molecule has 3 heterocycles. The zero-order valence-electron chi connectivity index (χ0n) is 15.3. The molecule has 0 radical (unpaired) electrons. The van der Waals surface area contributed by atoms with Gasteiger partial charge in [0.25, 0.3) is 0 Å². The Bertz CT molecular complexity index is 686. The lowest BCUT2D eigenvalue weighted by molar-refractivity contribution is 0.158. The van der Waals surface area contributed by atoms with Gasteiger partial charge in [0.05, 0.1) is 19.0 Å². The van der Waals surface area contributed by atoms with E-state index < -0.39 is 6.10 Å². The molecule has 1 saturated heterocycles. The fourth-order valence-electron chi connectivity index (χ4n) is 3.27. The summed E-state index contributed by atoms with van der Waals surface area (Å²) < 4.78 is 7.09. The Hall–Kier alpha value is -1.55. The van der Waals surface area contributed by atoms with Crippen molar-refractivity contribution in [3.05, 3.63) is 42.1 Å². The first-order valence-corrected chi connectivity index (χ1v) is 8.88. The number of aliphatic hydroxyl groups excluding tert-OH is 1. The zero-order valence-corrected chi connectivity index (χ0v) is 17.7. The smallest absolute Gasteiger partial charge is 0.194 e. The first-order valence-electron chi connectivity index (χ1n) is 8.88. The van der Waals surface area contributed by atoms with E-state index in [1.807, 2.05) is 17.9 Å². The van der Waals surface area contributed by atoms with Crippen molar-refractivity contribution in [1.29, 1.82) is 0 Å². The first kappa shape index (κ1) is 20.8. The minimum absolute atomic E-state index is 0. The number of guanidine groups is 1. The molecular weight excluding hydrogens is 445 g/mol. The fourth-order valence-corrected chi connectivity index (χ4v) is 3.27. The SMILES string of the molecule is CCNC(=NCC(O)c1ccco1)N1CCC(Cc2cnn(C)c2)C1.I. The maximum atomic E-state index is 10.2. The van der Waals surface area contributed by atoms with Gasteiger partial charge in [0.2, 0.25) is 0 Å². The summed E-state index contributed by atoms with van der Waals surface area (Å²) in [5.41, 5.74) is 1.28. The van der Waals surface area contributed by atoms with Gasteiger partial charge in [-0.2, -0.15) is 5.10 Å². The summed E-state index contributed by atoms with van der Waals surface area (Å²) in [4.78, 5) is 6.88. The summed E-state index contributed by atoms with van der Waals surface area (Å²) in [5.74, 6) is 2.01. The summed E-state index contributed by atoms with van der Waals surface area (Å²) in [6.45, 7) is 5.10. The van der Waals surface area contributed by atoms with Crippen molar-refractivity contribution in [3.8, 4) is 0 Å². The van der Waals surface area contributed by atoms with Gasteiger partial charge in [-0.15, -0.1) is 24.0 Å². The number of rotatable bonds is 6. The Labute approximate surface area is 171 Å². The monoisotopic (exact) mass is 473 g/mol. The van der Waals surface area contributed by atoms with Crippen LogP contribution in [0, 0.1) is 5.92 Å². The number of nitrogens with zero attached hydrogens (tertiary/aromatic N) is 4. The number of aliphatic imine (C=N–C) groups is 1. The number of aromatic nitrogens is 2. The van der Waals surface area contributed by atoms with Crippen molar-refractivity contribution in [3.63, 3.8) is 0 Å². The lowest BCUT2D eigenvalue weighted by Gasteiger charge is -2.22. The highest BCUT2D eigenvalue weighted by Crippen LogP contribution is 2.21. The van der Waals surface area contributed by atoms with Gasteiger partial charge in [-0.05, 0) is 43.4 Å². The van der Waals surface area contributed by atoms with Crippen LogP contribution in [0.4, 0.5) is 0 Å². The number of hydrogen-bond donors (Lipinski definition) is 2. The van der Waals surface area contributed by atoms with Gasteiger partial charge in [-0.3, -0.25) is 4.68 Å². The summed E-state index contributed by atoms with van der Waals surface area (Å²) >= 11 is 0. The molecule has 1 fully saturated rings. The maximum Gasteiger partial charge on any atom is 0.194 e. The number of halogens is 1. The Kier molecular flexibility index (Phi) is 7.95. The molecule has 0 saturated carbocycles. The van der Waals surface area contributed by atoms with Gasteiger partial charge in [-0.25, -0.2) is 4.99 Å². The van der Waals surface area contributed by atoms with Crippen LogP contribution in [-0.2, 0) is 13.5 Å². The van der Waals surface area contributed by atoms with E-state index in [-0.39, 0.29) is 24.0 Å². The van der Waals surface area contributed by atoms with Crippen LogP contribution in [0.15, 0.2) is 40.2 Å². The maximum absolute atomic E-state index is 10.2. The van der Waals surface area contributed by atoms with E-state index >= 15 is 0 Å². The fraction of sp³-hybridized carbons (Fsp3) is 0.556. The van der Waals surface area contributed by atoms with Crippen molar-refractivity contribution in [1.82, 2.24) is 20.0 Å². The second-order valence-electron chi connectivity index (χ2n) is 6.55. The molecule has 7 nitrogen and oxygen atoms in total. The third-order valence-electron chi connectivity index (χ3n) is 4.49. The normalized spacial score (nSPS) is 18.7. The average Bonchev–Trinajstić information content (AvgIpc) is 3.33. The minimum Gasteiger partial charge on any atom is -0.467 e. The molecule has 2 unspecified atom stereocenters. The molecule has 0 spiro atoms. The predicted molar refractivity (Wildman–Crippen MR) is 112 cm³/mol. The van der Waals surface area contributed by atoms with E-state index in [1.165, 1.54) is 5.56 Å². The van der Waals surface area contributed by atoms with Gasteiger partial charge in [0.1, 0.15) is 11.9 Å². The molecule has 2 N–H and O–H groups in total. The number of hydrogen-bond acceptors (Lipinski definition) is 4. The molecule has 2 aromatic heterocycles.